The standard InChI is InChI=1S/C13H23N5O.C2HF3O2/c1-4-10(14)13(19)17-5-6-18-11(7-9(2)3)15-16-12(18)8-17;3-2(4,5)1(6)7/h9-10H,4-8,14H2,1-3H3;(H,6,7). The van der Waals surface area contributed by atoms with Gasteiger partial charge in [-0.3, -0.25) is 4.79 Å². The van der Waals surface area contributed by atoms with E-state index in [9.17, 15) is 18.0 Å². The van der Waals surface area contributed by atoms with Crippen molar-refractivity contribution in [2.45, 2.75) is 58.9 Å². The number of halogens is 3. The second kappa shape index (κ2) is 8.97. The summed E-state index contributed by atoms with van der Waals surface area (Å²) >= 11 is 0. The molecule has 3 N–H and O–H groups in total. The molecule has 0 saturated carbocycles. The van der Waals surface area contributed by atoms with E-state index in [1.807, 2.05) is 6.92 Å². The highest BCUT2D eigenvalue weighted by molar-refractivity contribution is 5.81. The van der Waals surface area contributed by atoms with E-state index >= 15 is 0 Å². The number of carbonyl (C=O) groups excluding carboxylic acids is 1. The summed E-state index contributed by atoms with van der Waals surface area (Å²) in [6.45, 7) is 8.25. The number of aromatic nitrogens is 3. The molecule has 11 heteroatoms. The van der Waals surface area contributed by atoms with Gasteiger partial charge in [0.25, 0.3) is 0 Å². The molecule has 1 atom stereocenters. The van der Waals surface area contributed by atoms with Crippen LogP contribution in [0.25, 0.3) is 0 Å². The molecule has 0 fully saturated rings. The quantitative estimate of drug-likeness (QED) is 0.812. The maximum Gasteiger partial charge on any atom is 0.490 e. The molecule has 1 aromatic rings. The van der Waals surface area contributed by atoms with Gasteiger partial charge in [0.2, 0.25) is 5.91 Å². The minimum atomic E-state index is -5.08. The summed E-state index contributed by atoms with van der Waals surface area (Å²) in [7, 11) is 0. The van der Waals surface area contributed by atoms with Gasteiger partial charge in [0.15, 0.2) is 5.82 Å². The van der Waals surface area contributed by atoms with Crippen molar-refractivity contribution in [2.24, 2.45) is 11.7 Å². The minimum Gasteiger partial charge on any atom is -0.475 e. The fourth-order valence-corrected chi connectivity index (χ4v) is 2.33. The number of nitrogens with zero attached hydrogens (tertiary/aromatic N) is 4. The van der Waals surface area contributed by atoms with Crippen LogP contribution >= 0.6 is 0 Å². The van der Waals surface area contributed by atoms with Crippen molar-refractivity contribution in [1.82, 2.24) is 19.7 Å². The molecule has 0 aromatic carbocycles. The Hall–Kier alpha value is -2.17. The Labute approximate surface area is 149 Å². The van der Waals surface area contributed by atoms with E-state index < -0.39 is 18.2 Å². The number of carbonyl (C=O) groups is 2. The lowest BCUT2D eigenvalue weighted by atomic mass is 10.1. The van der Waals surface area contributed by atoms with Gasteiger partial charge < -0.3 is 20.3 Å². The summed E-state index contributed by atoms with van der Waals surface area (Å²) in [6, 6.07) is -0.399. The molecule has 1 aromatic heterocycles. The van der Waals surface area contributed by atoms with Crippen molar-refractivity contribution in [3.8, 4) is 0 Å². The summed E-state index contributed by atoms with van der Waals surface area (Å²) in [4.78, 5) is 22.8. The normalized spacial score (nSPS) is 15.2. The largest absolute Gasteiger partial charge is 0.490 e. The molecule has 1 amide bonds. The molecule has 8 nitrogen and oxygen atoms in total. The molecule has 0 spiro atoms. The maximum absolute atomic E-state index is 12.1. The summed E-state index contributed by atoms with van der Waals surface area (Å²) in [5, 5.41) is 15.6. The van der Waals surface area contributed by atoms with Gasteiger partial charge in [0, 0.05) is 19.5 Å². The lowest BCUT2D eigenvalue weighted by Gasteiger charge is -2.29. The van der Waals surface area contributed by atoms with Crippen molar-refractivity contribution in [2.75, 3.05) is 6.54 Å². The van der Waals surface area contributed by atoms with Gasteiger partial charge in [-0.2, -0.15) is 13.2 Å². The first-order chi connectivity index (χ1) is 12.0. The number of aliphatic carboxylic acids is 1. The van der Waals surface area contributed by atoms with Crippen LogP contribution in [0.5, 0.6) is 0 Å². The van der Waals surface area contributed by atoms with Gasteiger partial charge in [-0.1, -0.05) is 20.8 Å². The van der Waals surface area contributed by atoms with Crippen LogP contribution in [0.15, 0.2) is 0 Å². The minimum absolute atomic E-state index is 0.0159. The Morgan fingerprint density at radius 2 is 1.85 bits per heavy atom. The average Bonchev–Trinajstić information content (AvgIpc) is 2.94. The predicted molar refractivity (Wildman–Crippen MR) is 85.9 cm³/mol. The summed E-state index contributed by atoms with van der Waals surface area (Å²) in [6.07, 6.45) is -3.49. The summed E-state index contributed by atoms with van der Waals surface area (Å²) in [5.74, 6) is -0.286. The number of carboxylic acids is 1. The van der Waals surface area contributed by atoms with E-state index in [0.29, 0.717) is 25.4 Å². The second-order valence-corrected chi connectivity index (χ2v) is 6.36. The molecular formula is C15H24F3N5O3. The number of hydrogen-bond donors (Lipinski definition) is 2. The van der Waals surface area contributed by atoms with Crippen LogP contribution in [0.1, 0.15) is 38.8 Å². The number of rotatable bonds is 4. The van der Waals surface area contributed by atoms with Gasteiger partial charge in [-0.15, -0.1) is 10.2 Å². The van der Waals surface area contributed by atoms with Gasteiger partial charge >= 0.3 is 12.1 Å². The van der Waals surface area contributed by atoms with Crippen molar-refractivity contribution >= 4 is 11.9 Å². The first-order valence-corrected chi connectivity index (χ1v) is 8.22. The van der Waals surface area contributed by atoms with Crippen LogP contribution in [0, 0.1) is 5.92 Å². The van der Waals surface area contributed by atoms with E-state index in [2.05, 4.69) is 28.6 Å². The van der Waals surface area contributed by atoms with Crippen molar-refractivity contribution in [3.05, 3.63) is 11.6 Å². The SMILES string of the molecule is CCC(N)C(=O)N1CCn2c(CC(C)C)nnc2C1.O=C(O)C(F)(F)F. The van der Waals surface area contributed by atoms with Crippen LogP contribution in [0.4, 0.5) is 13.2 Å². The zero-order valence-electron chi connectivity index (χ0n) is 15.0. The molecule has 2 heterocycles. The zero-order chi connectivity index (χ0) is 20.1. The molecule has 2 rings (SSSR count). The van der Waals surface area contributed by atoms with Crippen LogP contribution in [-0.4, -0.2) is 55.4 Å². The number of carboxylic acid groups (broad SMARTS) is 1. The fraction of sp³-hybridized carbons (Fsp3) is 0.733. The van der Waals surface area contributed by atoms with E-state index in [4.69, 9.17) is 15.6 Å². The maximum atomic E-state index is 12.1. The molecule has 26 heavy (non-hydrogen) atoms. The smallest absolute Gasteiger partial charge is 0.475 e. The van der Waals surface area contributed by atoms with Gasteiger partial charge in [-0.05, 0) is 12.3 Å². The van der Waals surface area contributed by atoms with E-state index in [1.54, 1.807) is 4.90 Å². The molecule has 148 valence electrons. The molecule has 0 aliphatic carbocycles. The highest BCUT2D eigenvalue weighted by Gasteiger charge is 2.38. The summed E-state index contributed by atoms with van der Waals surface area (Å²) < 4.78 is 33.9. The predicted octanol–water partition coefficient (Wildman–Crippen LogP) is 1.19. The third-order valence-corrected chi connectivity index (χ3v) is 3.73. The first kappa shape index (κ1) is 21.9. The first-order valence-electron chi connectivity index (χ1n) is 8.22. The van der Waals surface area contributed by atoms with Crippen LogP contribution in [-0.2, 0) is 29.1 Å². The number of fused-ring (bicyclic) bond motifs is 1. The third kappa shape index (κ3) is 5.97. The number of alkyl halides is 3. The van der Waals surface area contributed by atoms with Crippen molar-refractivity contribution in [1.29, 1.82) is 0 Å². The van der Waals surface area contributed by atoms with Gasteiger partial charge in [-0.25, -0.2) is 4.79 Å². The molecule has 0 bridgehead atoms. The Bertz CT molecular complexity index is 631. The van der Waals surface area contributed by atoms with Gasteiger partial charge in [0.1, 0.15) is 5.82 Å². The second-order valence-electron chi connectivity index (χ2n) is 6.36. The van der Waals surface area contributed by atoms with E-state index in [0.717, 1.165) is 24.6 Å². The molecule has 1 aliphatic heterocycles. The fourth-order valence-electron chi connectivity index (χ4n) is 2.33. The van der Waals surface area contributed by atoms with E-state index in [-0.39, 0.29) is 5.91 Å². The van der Waals surface area contributed by atoms with Gasteiger partial charge in [0.05, 0.1) is 12.6 Å². The third-order valence-electron chi connectivity index (χ3n) is 3.73. The monoisotopic (exact) mass is 379 g/mol. The number of nitrogens with two attached hydrogens (primary N) is 1. The lowest BCUT2D eigenvalue weighted by molar-refractivity contribution is -0.192. The highest BCUT2D eigenvalue weighted by Crippen LogP contribution is 2.16. The van der Waals surface area contributed by atoms with Crippen LogP contribution in [0.2, 0.25) is 0 Å². The van der Waals surface area contributed by atoms with Crippen LogP contribution in [0.3, 0.4) is 0 Å². The molecule has 0 saturated heterocycles. The molecule has 0 radical (unpaired) electrons. The van der Waals surface area contributed by atoms with Crippen molar-refractivity contribution < 1.29 is 27.9 Å². The molecule has 1 aliphatic rings. The Morgan fingerprint density at radius 3 is 2.31 bits per heavy atom. The Kier molecular flexibility index (Phi) is 7.54. The molecular weight excluding hydrogens is 355 g/mol. The van der Waals surface area contributed by atoms with Crippen molar-refractivity contribution in [3.63, 3.8) is 0 Å². The number of amides is 1. The zero-order valence-corrected chi connectivity index (χ0v) is 15.0. The topological polar surface area (TPSA) is 114 Å². The van der Waals surface area contributed by atoms with Crippen LogP contribution < -0.4 is 5.73 Å². The average molecular weight is 379 g/mol. The Balaban J connectivity index is 0.000000412. The lowest BCUT2D eigenvalue weighted by Crippen LogP contribution is -2.46. The summed E-state index contributed by atoms with van der Waals surface area (Å²) in [5.41, 5.74) is 5.80. The van der Waals surface area contributed by atoms with E-state index in [1.165, 1.54) is 0 Å². The Morgan fingerprint density at radius 1 is 1.27 bits per heavy atom. The molecule has 1 unspecified atom stereocenters. The number of hydrogen-bond acceptors (Lipinski definition) is 5. The highest BCUT2D eigenvalue weighted by atomic mass is 19.4.